The van der Waals surface area contributed by atoms with Crippen LogP contribution in [0.4, 0.5) is 5.82 Å². The van der Waals surface area contributed by atoms with E-state index in [0.29, 0.717) is 11.5 Å². The van der Waals surface area contributed by atoms with Crippen molar-refractivity contribution in [2.75, 3.05) is 18.0 Å². The first-order valence-corrected chi connectivity index (χ1v) is 6.87. The van der Waals surface area contributed by atoms with Gasteiger partial charge in [0.25, 0.3) is 0 Å². The first-order valence-electron chi connectivity index (χ1n) is 6.87. The number of piperidine rings is 1. The third-order valence-corrected chi connectivity index (χ3v) is 3.97. The molecule has 5 nitrogen and oxygen atoms in total. The first kappa shape index (κ1) is 12.7. The van der Waals surface area contributed by atoms with Crippen molar-refractivity contribution in [2.24, 2.45) is 7.05 Å². The number of hydrogen-bond donors (Lipinski definition) is 0. The van der Waals surface area contributed by atoms with E-state index in [9.17, 15) is 0 Å². The predicted molar refractivity (Wildman–Crippen MR) is 76.3 cm³/mol. The van der Waals surface area contributed by atoms with Crippen molar-refractivity contribution in [3.05, 3.63) is 41.9 Å². The Labute approximate surface area is 118 Å². The Bertz CT molecular complexity index is 614. The van der Waals surface area contributed by atoms with Crippen LogP contribution in [-0.4, -0.2) is 27.9 Å². The molecular formula is C15H17N5. The summed E-state index contributed by atoms with van der Waals surface area (Å²) in [5.74, 6) is 1.55. The number of hydrogen-bond acceptors (Lipinski definition) is 4. The van der Waals surface area contributed by atoms with Crippen LogP contribution in [0.1, 0.15) is 30.0 Å². The molecular weight excluding hydrogens is 250 g/mol. The summed E-state index contributed by atoms with van der Waals surface area (Å²) < 4.78 is 1.97. The summed E-state index contributed by atoms with van der Waals surface area (Å²) in [5.41, 5.74) is 1.93. The van der Waals surface area contributed by atoms with Gasteiger partial charge in [-0.1, -0.05) is 0 Å². The SMILES string of the molecule is Cn1nccc1C1CCN(c2ccc(C#N)cn2)CC1. The van der Waals surface area contributed by atoms with Gasteiger partial charge in [-0.05, 0) is 31.0 Å². The molecule has 102 valence electrons. The fourth-order valence-electron chi connectivity index (χ4n) is 2.83. The number of nitriles is 1. The quantitative estimate of drug-likeness (QED) is 0.835. The van der Waals surface area contributed by atoms with E-state index in [1.54, 1.807) is 6.20 Å². The predicted octanol–water partition coefficient (Wildman–Crippen LogP) is 2.07. The summed E-state index contributed by atoms with van der Waals surface area (Å²) in [4.78, 5) is 6.65. The van der Waals surface area contributed by atoms with Crippen molar-refractivity contribution in [1.82, 2.24) is 14.8 Å². The van der Waals surface area contributed by atoms with E-state index < -0.39 is 0 Å². The van der Waals surface area contributed by atoms with Gasteiger partial charge in [0.05, 0.1) is 5.56 Å². The molecule has 1 aliphatic rings. The van der Waals surface area contributed by atoms with Crippen LogP contribution >= 0.6 is 0 Å². The minimum Gasteiger partial charge on any atom is -0.357 e. The molecule has 1 fully saturated rings. The van der Waals surface area contributed by atoms with E-state index in [2.05, 4.69) is 27.1 Å². The molecule has 1 aliphatic heterocycles. The summed E-state index contributed by atoms with van der Waals surface area (Å²) in [6, 6.07) is 7.97. The van der Waals surface area contributed by atoms with Crippen LogP contribution in [0.3, 0.4) is 0 Å². The summed E-state index contributed by atoms with van der Waals surface area (Å²) in [6.45, 7) is 1.99. The van der Waals surface area contributed by atoms with Gasteiger partial charge in [-0.25, -0.2) is 4.98 Å². The van der Waals surface area contributed by atoms with Gasteiger partial charge in [0.15, 0.2) is 0 Å². The zero-order chi connectivity index (χ0) is 13.9. The summed E-state index contributed by atoms with van der Waals surface area (Å²) in [5, 5.41) is 13.0. The van der Waals surface area contributed by atoms with E-state index in [1.165, 1.54) is 5.69 Å². The molecule has 0 amide bonds. The maximum atomic E-state index is 8.79. The number of anilines is 1. The van der Waals surface area contributed by atoms with Crippen LogP contribution in [0.25, 0.3) is 0 Å². The van der Waals surface area contributed by atoms with Crippen LogP contribution in [0.5, 0.6) is 0 Å². The van der Waals surface area contributed by atoms with E-state index in [1.807, 2.05) is 30.1 Å². The highest BCUT2D eigenvalue weighted by Gasteiger charge is 2.23. The maximum absolute atomic E-state index is 8.79. The Balaban J connectivity index is 1.66. The van der Waals surface area contributed by atoms with Gasteiger partial charge < -0.3 is 4.90 Å². The van der Waals surface area contributed by atoms with Crippen molar-refractivity contribution in [2.45, 2.75) is 18.8 Å². The third-order valence-electron chi connectivity index (χ3n) is 3.97. The molecule has 0 N–H and O–H groups in total. The fourth-order valence-corrected chi connectivity index (χ4v) is 2.83. The summed E-state index contributed by atoms with van der Waals surface area (Å²) in [6.07, 6.45) is 5.73. The molecule has 0 saturated carbocycles. The van der Waals surface area contributed by atoms with E-state index in [-0.39, 0.29) is 0 Å². The van der Waals surface area contributed by atoms with E-state index >= 15 is 0 Å². The molecule has 0 atom stereocenters. The summed E-state index contributed by atoms with van der Waals surface area (Å²) >= 11 is 0. The molecule has 1 saturated heterocycles. The molecule has 0 radical (unpaired) electrons. The molecule has 0 aliphatic carbocycles. The van der Waals surface area contributed by atoms with Gasteiger partial charge >= 0.3 is 0 Å². The Morgan fingerprint density at radius 1 is 1.25 bits per heavy atom. The van der Waals surface area contributed by atoms with Crippen molar-refractivity contribution in [3.63, 3.8) is 0 Å². The molecule has 2 aromatic heterocycles. The average molecular weight is 267 g/mol. The lowest BCUT2D eigenvalue weighted by Crippen LogP contribution is -2.33. The Hall–Kier alpha value is -2.35. The van der Waals surface area contributed by atoms with Gasteiger partial charge in [-0.2, -0.15) is 10.4 Å². The molecule has 2 aromatic rings. The monoisotopic (exact) mass is 267 g/mol. The smallest absolute Gasteiger partial charge is 0.128 e. The van der Waals surface area contributed by atoms with Crippen LogP contribution in [-0.2, 0) is 7.05 Å². The zero-order valence-electron chi connectivity index (χ0n) is 11.5. The van der Waals surface area contributed by atoms with E-state index in [4.69, 9.17) is 5.26 Å². The minimum absolute atomic E-state index is 0.581. The lowest BCUT2D eigenvalue weighted by Gasteiger charge is -2.32. The molecule has 3 rings (SSSR count). The van der Waals surface area contributed by atoms with Gasteiger partial charge in [-0.3, -0.25) is 4.68 Å². The number of rotatable bonds is 2. The first-order chi connectivity index (χ1) is 9.78. The van der Waals surface area contributed by atoms with Crippen LogP contribution in [0, 0.1) is 11.3 Å². The molecule has 0 unspecified atom stereocenters. The minimum atomic E-state index is 0.581. The van der Waals surface area contributed by atoms with E-state index in [0.717, 1.165) is 31.7 Å². The Morgan fingerprint density at radius 2 is 2.05 bits per heavy atom. The van der Waals surface area contributed by atoms with Gasteiger partial charge in [0, 0.05) is 44.1 Å². The Morgan fingerprint density at radius 3 is 2.60 bits per heavy atom. The second-order valence-electron chi connectivity index (χ2n) is 5.16. The molecule has 0 spiro atoms. The average Bonchev–Trinajstić information content (AvgIpc) is 2.94. The van der Waals surface area contributed by atoms with Crippen LogP contribution < -0.4 is 4.90 Å². The number of pyridine rings is 1. The lowest BCUT2D eigenvalue weighted by atomic mass is 9.93. The number of aromatic nitrogens is 3. The highest BCUT2D eigenvalue weighted by atomic mass is 15.3. The van der Waals surface area contributed by atoms with Crippen LogP contribution in [0.2, 0.25) is 0 Å². The number of nitrogens with zero attached hydrogens (tertiary/aromatic N) is 5. The summed E-state index contributed by atoms with van der Waals surface area (Å²) in [7, 11) is 2.00. The van der Waals surface area contributed by atoms with Crippen molar-refractivity contribution < 1.29 is 0 Å². The normalized spacial score (nSPS) is 16.1. The third kappa shape index (κ3) is 2.37. The van der Waals surface area contributed by atoms with Gasteiger partial charge in [-0.15, -0.1) is 0 Å². The van der Waals surface area contributed by atoms with Gasteiger partial charge in [0.1, 0.15) is 11.9 Å². The lowest BCUT2D eigenvalue weighted by molar-refractivity contribution is 0.475. The fraction of sp³-hybridized carbons (Fsp3) is 0.400. The van der Waals surface area contributed by atoms with Crippen molar-refractivity contribution in [1.29, 1.82) is 5.26 Å². The maximum Gasteiger partial charge on any atom is 0.128 e. The largest absolute Gasteiger partial charge is 0.357 e. The molecule has 0 bridgehead atoms. The van der Waals surface area contributed by atoms with Crippen molar-refractivity contribution >= 4 is 5.82 Å². The number of aryl methyl sites for hydroxylation is 1. The van der Waals surface area contributed by atoms with Crippen molar-refractivity contribution in [3.8, 4) is 6.07 Å². The van der Waals surface area contributed by atoms with Gasteiger partial charge in [0.2, 0.25) is 0 Å². The van der Waals surface area contributed by atoms with Crippen LogP contribution in [0.15, 0.2) is 30.6 Å². The highest BCUT2D eigenvalue weighted by molar-refractivity contribution is 5.42. The molecule has 20 heavy (non-hydrogen) atoms. The Kier molecular flexibility index (Phi) is 3.38. The molecule has 3 heterocycles. The second-order valence-corrected chi connectivity index (χ2v) is 5.16. The topological polar surface area (TPSA) is 57.7 Å². The zero-order valence-corrected chi connectivity index (χ0v) is 11.5. The standard InChI is InChI=1S/C15H17N5/c1-19-14(4-7-18-19)13-5-8-20(9-6-13)15-3-2-12(10-16)11-17-15/h2-4,7,11,13H,5-6,8-9H2,1H3. The highest BCUT2D eigenvalue weighted by Crippen LogP contribution is 2.29. The second kappa shape index (κ2) is 5.33. The molecule has 5 heteroatoms. The molecule has 0 aromatic carbocycles.